The fraction of sp³-hybridized carbons (Fsp3) is 0.611. The molecule has 0 N–H and O–H groups in total. The molecular formula is C18H29ClO2. The Morgan fingerprint density at radius 2 is 1.95 bits per heavy atom. The minimum atomic E-state index is 0.120. The molecule has 3 heteroatoms. The fourth-order valence-electron chi connectivity index (χ4n) is 1.81. The average Bonchev–Trinajstić information content (AvgIpc) is 2.49. The van der Waals surface area contributed by atoms with Crippen LogP contribution in [0.3, 0.4) is 0 Å². The third-order valence-corrected chi connectivity index (χ3v) is 3.45. The summed E-state index contributed by atoms with van der Waals surface area (Å²) in [6, 6.07) is 5.85. The van der Waals surface area contributed by atoms with Gasteiger partial charge >= 0.3 is 0 Å². The molecule has 21 heavy (non-hydrogen) atoms. The number of hydrogen-bond acceptors (Lipinski definition) is 2. The van der Waals surface area contributed by atoms with Crippen LogP contribution in [0.15, 0.2) is 18.2 Å². The number of benzene rings is 1. The van der Waals surface area contributed by atoms with Crippen molar-refractivity contribution in [3.63, 3.8) is 0 Å². The minimum Gasteiger partial charge on any atom is -0.492 e. The number of Topliss-reactive ketones (excluding diaryl/α,β-unsaturated/α-hetero) is 1. The zero-order chi connectivity index (χ0) is 16.3. The van der Waals surface area contributed by atoms with Crippen molar-refractivity contribution in [3.8, 4) is 5.75 Å². The molecule has 1 aromatic carbocycles. The van der Waals surface area contributed by atoms with Gasteiger partial charge in [-0.3, -0.25) is 4.79 Å². The first-order chi connectivity index (χ1) is 10.1. The van der Waals surface area contributed by atoms with Gasteiger partial charge in [0.1, 0.15) is 11.5 Å². The summed E-state index contributed by atoms with van der Waals surface area (Å²) in [6.07, 6.45) is 3.24. The van der Waals surface area contributed by atoms with E-state index in [0.29, 0.717) is 23.8 Å². The Morgan fingerprint density at radius 1 is 1.29 bits per heavy atom. The van der Waals surface area contributed by atoms with Crippen molar-refractivity contribution in [3.05, 3.63) is 28.8 Å². The average molecular weight is 313 g/mol. The van der Waals surface area contributed by atoms with E-state index in [1.54, 1.807) is 0 Å². The van der Waals surface area contributed by atoms with Crippen LogP contribution in [0.2, 0.25) is 5.02 Å². The lowest BCUT2D eigenvalue weighted by Crippen LogP contribution is -2.07. The molecule has 1 aromatic rings. The van der Waals surface area contributed by atoms with E-state index in [-0.39, 0.29) is 5.92 Å². The Labute approximate surface area is 134 Å². The molecule has 0 aromatic heterocycles. The number of ether oxygens (including phenoxy) is 1. The van der Waals surface area contributed by atoms with Gasteiger partial charge in [0.2, 0.25) is 0 Å². The van der Waals surface area contributed by atoms with Crippen LogP contribution in [0, 0.1) is 5.92 Å². The molecule has 0 saturated heterocycles. The van der Waals surface area contributed by atoms with E-state index in [9.17, 15) is 4.79 Å². The topological polar surface area (TPSA) is 26.3 Å². The predicted molar refractivity (Wildman–Crippen MR) is 91.4 cm³/mol. The second kappa shape index (κ2) is 11.6. The van der Waals surface area contributed by atoms with Gasteiger partial charge in [-0.05, 0) is 30.9 Å². The van der Waals surface area contributed by atoms with Crippen molar-refractivity contribution in [2.75, 3.05) is 6.61 Å². The molecule has 0 fully saturated rings. The number of carbonyl (C=O) groups excluding carboxylic acids is 1. The van der Waals surface area contributed by atoms with Gasteiger partial charge in [-0.15, -0.1) is 0 Å². The number of carbonyl (C=O) groups is 1. The van der Waals surface area contributed by atoms with Crippen molar-refractivity contribution in [2.24, 2.45) is 5.92 Å². The summed E-state index contributed by atoms with van der Waals surface area (Å²) in [5.74, 6) is 1.18. The van der Waals surface area contributed by atoms with Crippen LogP contribution in [-0.4, -0.2) is 12.4 Å². The Hall–Kier alpha value is -1.02. The molecule has 2 nitrogen and oxygen atoms in total. The Balaban J connectivity index is 0.00000191. The van der Waals surface area contributed by atoms with Gasteiger partial charge in [-0.25, -0.2) is 0 Å². The molecule has 0 aliphatic heterocycles. The largest absolute Gasteiger partial charge is 0.492 e. The molecule has 0 atom stereocenters. The number of aryl methyl sites for hydroxylation is 1. The third-order valence-electron chi connectivity index (χ3n) is 3.02. The first kappa shape index (κ1) is 20.0. The third kappa shape index (κ3) is 7.52. The van der Waals surface area contributed by atoms with Gasteiger partial charge in [-0.2, -0.15) is 0 Å². The molecule has 0 amide bonds. The summed E-state index contributed by atoms with van der Waals surface area (Å²) in [5.41, 5.74) is 1.06. The standard InChI is InChI=1S/C16H23ClO2.C2H6/c1-4-11-19-15-10-6-8-13(16(15)17)7-5-9-14(18)12(2)3;1-2/h6,8,10,12H,4-5,7,9,11H2,1-3H3;1-2H3. The SMILES string of the molecule is CC.CCCOc1cccc(CCCC(=O)C(C)C)c1Cl. The van der Waals surface area contributed by atoms with Gasteiger partial charge < -0.3 is 4.74 Å². The molecule has 0 bridgehead atoms. The van der Waals surface area contributed by atoms with Crippen LogP contribution in [0.4, 0.5) is 0 Å². The quantitative estimate of drug-likeness (QED) is 0.615. The molecule has 0 aliphatic carbocycles. The highest BCUT2D eigenvalue weighted by atomic mass is 35.5. The highest BCUT2D eigenvalue weighted by molar-refractivity contribution is 6.32. The van der Waals surface area contributed by atoms with Crippen molar-refractivity contribution >= 4 is 17.4 Å². The second-order valence-corrected chi connectivity index (χ2v) is 5.43. The molecular weight excluding hydrogens is 284 g/mol. The highest BCUT2D eigenvalue weighted by Gasteiger charge is 2.10. The molecule has 0 spiro atoms. The molecule has 0 aliphatic rings. The molecule has 1 rings (SSSR count). The van der Waals surface area contributed by atoms with E-state index in [0.717, 1.165) is 30.6 Å². The van der Waals surface area contributed by atoms with Crippen molar-refractivity contribution in [1.29, 1.82) is 0 Å². The number of rotatable bonds is 8. The van der Waals surface area contributed by atoms with Gasteiger partial charge in [0.25, 0.3) is 0 Å². The maximum absolute atomic E-state index is 11.6. The van der Waals surface area contributed by atoms with Crippen molar-refractivity contribution in [1.82, 2.24) is 0 Å². The molecule has 0 unspecified atom stereocenters. The molecule has 0 heterocycles. The number of ketones is 1. The molecule has 120 valence electrons. The summed E-state index contributed by atoms with van der Waals surface area (Å²) < 4.78 is 5.59. The lowest BCUT2D eigenvalue weighted by atomic mass is 10.0. The predicted octanol–water partition coefficient (Wildman–Crippen LogP) is 5.70. The summed E-state index contributed by atoms with van der Waals surface area (Å²) in [6.45, 7) is 10.6. The van der Waals surface area contributed by atoms with Gasteiger partial charge in [0, 0.05) is 12.3 Å². The second-order valence-electron chi connectivity index (χ2n) is 5.05. The maximum atomic E-state index is 11.6. The minimum absolute atomic E-state index is 0.120. The van der Waals surface area contributed by atoms with Crippen LogP contribution in [-0.2, 0) is 11.2 Å². The Morgan fingerprint density at radius 3 is 2.52 bits per heavy atom. The van der Waals surface area contributed by atoms with Crippen molar-refractivity contribution in [2.45, 2.75) is 60.3 Å². The van der Waals surface area contributed by atoms with Crippen LogP contribution in [0.25, 0.3) is 0 Å². The molecule has 0 saturated carbocycles. The van der Waals surface area contributed by atoms with E-state index >= 15 is 0 Å². The number of hydrogen-bond donors (Lipinski definition) is 0. The Kier molecular flexibility index (Phi) is 11.1. The van der Waals surface area contributed by atoms with Crippen LogP contribution < -0.4 is 4.74 Å². The van der Waals surface area contributed by atoms with Gasteiger partial charge in [0.05, 0.1) is 11.6 Å². The summed E-state index contributed by atoms with van der Waals surface area (Å²) in [4.78, 5) is 11.6. The monoisotopic (exact) mass is 312 g/mol. The van der Waals surface area contributed by atoms with E-state index in [4.69, 9.17) is 16.3 Å². The molecule has 0 radical (unpaired) electrons. The smallest absolute Gasteiger partial charge is 0.138 e. The summed E-state index contributed by atoms with van der Waals surface area (Å²) in [5, 5.41) is 0.688. The van der Waals surface area contributed by atoms with E-state index in [1.807, 2.05) is 45.9 Å². The van der Waals surface area contributed by atoms with Crippen LogP contribution in [0.1, 0.15) is 59.4 Å². The van der Waals surface area contributed by atoms with Gasteiger partial charge in [0.15, 0.2) is 0 Å². The van der Waals surface area contributed by atoms with Crippen LogP contribution >= 0.6 is 11.6 Å². The first-order valence-electron chi connectivity index (χ1n) is 7.99. The van der Waals surface area contributed by atoms with E-state index in [1.165, 1.54) is 0 Å². The summed E-state index contributed by atoms with van der Waals surface area (Å²) in [7, 11) is 0. The van der Waals surface area contributed by atoms with E-state index < -0.39 is 0 Å². The lowest BCUT2D eigenvalue weighted by molar-refractivity contribution is -0.121. The van der Waals surface area contributed by atoms with Gasteiger partial charge in [-0.1, -0.05) is 58.4 Å². The van der Waals surface area contributed by atoms with Crippen molar-refractivity contribution < 1.29 is 9.53 Å². The van der Waals surface area contributed by atoms with Crippen LogP contribution in [0.5, 0.6) is 5.75 Å². The summed E-state index contributed by atoms with van der Waals surface area (Å²) >= 11 is 6.31. The van der Waals surface area contributed by atoms with E-state index in [2.05, 4.69) is 6.92 Å². The first-order valence-corrected chi connectivity index (χ1v) is 8.37. The zero-order valence-corrected chi connectivity index (χ0v) is 14.8. The number of halogens is 1. The fourth-order valence-corrected chi connectivity index (χ4v) is 2.09. The lowest BCUT2D eigenvalue weighted by Gasteiger charge is -2.11. The zero-order valence-electron chi connectivity index (χ0n) is 14.0. The highest BCUT2D eigenvalue weighted by Crippen LogP contribution is 2.29. The normalized spacial score (nSPS) is 10.0. The maximum Gasteiger partial charge on any atom is 0.138 e. The Bertz CT molecular complexity index is 414.